The summed E-state index contributed by atoms with van der Waals surface area (Å²) in [6.45, 7) is 0. The summed E-state index contributed by atoms with van der Waals surface area (Å²) in [5.74, 6) is 0.601. The molecule has 0 bridgehead atoms. The van der Waals surface area contributed by atoms with Gasteiger partial charge in [0.1, 0.15) is 0 Å². The lowest BCUT2D eigenvalue weighted by atomic mass is 10.1. The summed E-state index contributed by atoms with van der Waals surface area (Å²) < 4.78 is 0. The van der Waals surface area contributed by atoms with E-state index in [1.807, 2.05) is 24.3 Å². The van der Waals surface area contributed by atoms with Gasteiger partial charge in [0.15, 0.2) is 0 Å². The number of rotatable bonds is 5. The Labute approximate surface area is 110 Å². The molecule has 1 aromatic heterocycles. The summed E-state index contributed by atoms with van der Waals surface area (Å²) in [6, 6.07) is 7.70. The van der Waals surface area contributed by atoms with E-state index >= 15 is 0 Å². The van der Waals surface area contributed by atoms with Crippen LogP contribution in [0, 0.1) is 0 Å². The van der Waals surface area contributed by atoms with E-state index in [9.17, 15) is 4.79 Å². The number of benzene rings is 1. The number of nitrogens with two attached hydrogens (primary N) is 1. The Morgan fingerprint density at radius 3 is 2.83 bits per heavy atom. The van der Waals surface area contributed by atoms with Gasteiger partial charge in [0.25, 0.3) is 5.91 Å². The van der Waals surface area contributed by atoms with Crippen LogP contribution in [-0.2, 0) is 6.42 Å². The van der Waals surface area contributed by atoms with E-state index in [2.05, 4.69) is 16.2 Å². The summed E-state index contributed by atoms with van der Waals surface area (Å²) >= 11 is 1.80. The number of fused-ring (bicyclic) bond motifs is 1. The van der Waals surface area contributed by atoms with Crippen LogP contribution in [0.4, 0.5) is 0 Å². The molecule has 0 unspecified atom stereocenters. The van der Waals surface area contributed by atoms with Crippen LogP contribution in [0.25, 0.3) is 10.9 Å². The van der Waals surface area contributed by atoms with E-state index in [0.29, 0.717) is 0 Å². The second kappa shape index (κ2) is 5.82. The molecule has 0 saturated carbocycles. The van der Waals surface area contributed by atoms with E-state index in [4.69, 9.17) is 5.73 Å². The predicted molar refractivity (Wildman–Crippen MR) is 74.8 cm³/mol. The Balaban J connectivity index is 2.43. The molecule has 0 aliphatic rings. The monoisotopic (exact) mass is 261 g/mol. The summed E-state index contributed by atoms with van der Waals surface area (Å²) in [4.78, 5) is 19.7. The molecule has 0 radical (unpaired) electrons. The standard InChI is InChI=1S/C13H15N3OS/c1-18-8-4-7-11-9-5-2-3-6-10(9)15-13(16-11)12(14)17/h2-3,5-6H,4,7-8H2,1H3,(H2,14,17). The number of hydrogen-bond acceptors (Lipinski definition) is 4. The Kier molecular flexibility index (Phi) is 4.15. The van der Waals surface area contributed by atoms with Crippen molar-refractivity contribution in [2.24, 2.45) is 5.73 Å². The average Bonchev–Trinajstić information content (AvgIpc) is 2.38. The van der Waals surface area contributed by atoms with Crippen LogP contribution in [0.3, 0.4) is 0 Å². The minimum atomic E-state index is -0.577. The Morgan fingerprint density at radius 2 is 2.11 bits per heavy atom. The van der Waals surface area contributed by atoms with Crippen LogP contribution in [0.5, 0.6) is 0 Å². The van der Waals surface area contributed by atoms with E-state index in [-0.39, 0.29) is 5.82 Å². The maximum absolute atomic E-state index is 11.2. The first-order chi connectivity index (χ1) is 8.72. The van der Waals surface area contributed by atoms with Gasteiger partial charge >= 0.3 is 0 Å². The van der Waals surface area contributed by atoms with Gasteiger partial charge in [-0.15, -0.1) is 0 Å². The number of hydrogen-bond donors (Lipinski definition) is 1. The van der Waals surface area contributed by atoms with Gasteiger partial charge in [-0.2, -0.15) is 11.8 Å². The number of carbonyl (C=O) groups is 1. The van der Waals surface area contributed by atoms with Crippen LogP contribution < -0.4 is 5.73 Å². The normalized spacial score (nSPS) is 10.7. The van der Waals surface area contributed by atoms with E-state index < -0.39 is 5.91 Å². The fraction of sp³-hybridized carbons (Fsp3) is 0.308. The molecule has 0 atom stereocenters. The third kappa shape index (κ3) is 2.79. The molecule has 1 heterocycles. The van der Waals surface area contributed by atoms with Crippen molar-refractivity contribution >= 4 is 28.6 Å². The lowest BCUT2D eigenvalue weighted by Gasteiger charge is -2.06. The van der Waals surface area contributed by atoms with Gasteiger partial charge in [-0.3, -0.25) is 4.79 Å². The summed E-state index contributed by atoms with van der Waals surface area (Å²) in [5, 5.41) is 1.00. The van der Waals surface area contributed by atoms with E-state index in [0.717, 1.165) is 35.2 Å². The number of thioether (sulfide) groups is 1. The minimum absolute atomic E-state index is 0.104. The number of carbonyl (C=O) groups excluding carboxylic acids is 1. The molecular weight excluding hydrogens is 246 g/mol. The number of aryl methyl sites for hydroxylation is 1. The zero-order chi connectivity index (χ0) is 13.0. The summed E-state index contributed by atoms with van der Waals surface area (Å²) in [6.07, 6.45) is 3.94. The molecule has 94 valence electrons. The van der Waals surface area contributed by atoms with Crippen molar-refractivity contribution in [2.45, 2.75) is 12.8 Å². The van der Waals surface area contributed by atoms with Gasteiger partial charge in [-0.25, -0.2) is 9.97 Å². The van der Waals surface area contributed by atoms with Crippen LogP contribution in [0.2, 0.25) is 0 Å². The maximum Gasteiger partial charge on any atom is 0.286 e. The third-order valence-corrected chi connectivity index (χ3v) is 3.36. The summed E-state index contributed by atoms with van der Waals surface area (Å²) in [7, 11) is 0. The number of amides is 1. The molecular formula is C13H15N3OS. The molecule has 2 N–H and O–H groups in total. The zero-order valence-corrected chi connectivity index (χ0v) is 11.0. The van der Waals surface area contributed by atoms with Crippen molar-refractivity contribution in [3.8, 4) is 0 Å². The molecule has 0 spiro atoms. The molecule has 0 aliphatic carbocycles. The Morgan fingerprint density at radius 1 is 1.33 bits per heavy atom. The number of nitrogens with zero attached hydrogens (tertiary/aromatic N) is 2. The second-order valence-electron chi connectivity index (χ2n) is 3.97. The topological polar surface area (TPSA) is 68.9 Å². The minimum Gasteiger partial charge on any atom is -0.363 e. The maximum atomic E-state index is 11.2. The zero-order valence-electron chi connectivity index (χ0n) is 10.2. The second-order valence-corrected chi connectivity index (χ2v) is 4.96. The van der Waals surface area contributed by atoms with Crippen LogP contribution in [0.15, 0.2) is 24.3 Å². The van der Waals surface area contributed by atoms with Crippen molar-refractivity contribution in [1.82, 2.24) is 9.97 Å². The fourth-order valence-corrected chi connectivity index (χ4v) is 2.26. The molecule has 2 aromatic rings. The highest BCUT2D eigenvalue weighted by molar-refractivity contribution is 7.98. The third-order valence-electron chi connectivity index (χ3n) is 2.66. The lowest BCUT2D eigenvalue weighted by molar-refractivity contribution is 0.0990. The van der Waals surface area contributed by atoms with E-state index in [1.165, 1.54) is 0 Å². The van der Waals surface area contributed by atoms with Crippen molar-refractivity contribution in [3.05, 3.63) is 35.8 Å². The highest BCUT2D eigenvalue weighted by Crippen LogP contribution is 2.17. The molecule has 1 aromatic carbocycles. The van der Waals surface area contributed by atoms with Crippen molar-refractivity contribution in [1.29, 1.82) is 0 Å². The van der Waals surface area contributed by atoms with Gasteiger partial charge in [0.05, 0.1) is 11.2 Å². The highest BCUT2D eigenvalue weighted by atomic mass is 32.2. The molecule has 1 amide bonds. The molecule has 5 heteroatoms. The first kappa shape index (κ1) is 12.8. The fourth-order valence-electron chi connectivity index (χ4n) is 1.83. The van der Waals surface area contributed by atoms with Gasteiger partial charge in [-0.1, -0.05) is 18.2 Å². The predicted octanol–water partition coefficient (Wildman–Crippen LogP) is 2.02. The Hall–Kier alpha value is -1.62. The van der Waals surface area contributed by atoms with Gasteiger partial charge < -0.3 is 5.73 Å². The first-order valence-electron chi connectivity index (χ1n) is 5.77. The number of para-hydroxylation sites is 1. The van der Waals surface area contributed by atoms with E-state index in [1.54, 1.807) is 11.8 Å². The molecule has 0 aliphatic heterocycles. The van der Waals surface area contributed by atoms with Crippen LogP contribution in [0.1, 0.15) is 22.7 Å². The van der Waals surface area contributed by atoms with Crippen LogP contribution in [-0.4, -0.2) is 27.9 Å². The van der Waals surface area contributed by atoms with Gasteiger partial charge in [0.2, 0.25) is 5.82 Å². The average molecular weight is 261 g/mol. The van der Waals surface area contributed by atoms with Crippen molar-refractivity contribution in [2.75, 3.05) is 12.0 Å². The molecule has 0 fully saturated rings. The van der Waals surface area contributed by atoms with Crippen molar-refractivity contribution < 1.29 is 4.79 Å². The number of aromatic nitrogens is 2. The van der Waals surface area contributed by atoms with Crippen LogP contribution >= 0.6 is 11.8 Å². The quantitative estimate of drug-likeness (QED) is 0.836. The summed E-state index contributed by atoms with van der Waals surface area (Å²) in [5.41, 5.74) is 6.94. The molecule has 0 saturated heterocycles. The molecule has 2 rings (SSSR count). The van der Waals surface area contributed by atoms with Gasteiger partial charge in [-0.05, 0) is 30.9 Å². The SMILES string of the molecule is CSCCCc1nc(C(N)=O)nc2ccccc12. The molecule has 4 nitrogen and oxygen atoms in total. The highest BCUT2D eigenvalue weighted by Gasteiger charge is 2.10. The largest absolute Gasteiger partial charge is 0.363 e. The first-order valence-corrected chi connectivity index (χ1v) is 7.16. The smallest absolute Gasteiger partial charge is 0.286 e. The number of primary amides is 1. The Bertz CT molecular complexity index is 571. The van der Waals surface area contributed by atoms with Crippen molar-refractivity contribution in [3.63, 3.8) is 0 Å². The molecule has 18 heavy (non-hydrogen) atoms. The lowest BCUT2D eigenvalue weighted by Crippen LogP contribution is -2.16. The van der Waals surface area contributed by atoms with Gasteiger partial charge in [0, 0.05) is 5.39 Å².